The lowest BCUT2D eigenvalue weighted by Gasteiger charge is -2.41. The topological polar surface area (TPSA) is 101 Å². The Hall–Kier alpha value is -2.68. The number of hydrogen-bond acceptors (Lipinski definition) is 6. The molecule has 0 atom stereocenters. The molecule has 0 unspecified atom stereocenters. The minimum atomic E-state index is -3.44. The van der Waals surface area contributed by atoms with Crippen LogP contribution in [0.5, 0.6) is 0 Å². The molecule has 0 bridgehead atoms. The molecule has 1 saturated carbocycles. The summed E-state index contributed by atoms with van der Waals surface area (Å²) in [6.45, 7) is 1.67. The second-order valence-electron chi connectivity index (χ2n) is 7.59. The van der Waals surface area contributed by atoms with Crippen LogP contribution in [0, 0.1) is 12.8 Å². The van der Waals surface area contributed by atoms with Crippen LogP contribution in [-0.4, -0.2) is 46.8 Å². The van der Waals surface area contributed by atoms with Crippen LogP contribution in [0.3, 0.4) is 0 Å². The number of hydrogen-bond donors (Lipinski definition) is 1. The van der Waals surface area contributed by atoms with Gasteiger partial charge in [0.2, 0.25) is 0 Å². The Morgan fingerprint density at radius 1 is 1.32 bits per heavy atom. The van der Waals surface area contributed by atoms with Crippen LogP contribution in [0.1, 0.15) is 18.4 Å². The molecule has 148 valence electrons. The molecule has 8 nitrogen and oxygen atoms in total. The van der Waals surface area contributed by atoms with Crippen LogP contribution in [0.2, 0.25) is 0 Å². The first kappa shape index (κ1) is 18.7. The molecule has 0 amide bonds. The summed E-state index contributed by atoms with van der Waals surface area (Å²) >= 11 is 0. The molecule has 0 saturated heterocycles. The molecule has 3 aromatic rings. The molecule has 3 heterocycles. The summed E-state index contributed by atoms with van der Waals surface area (Å²) in [5.74, 6) is 1.05. The van der Waals surface area contributed by atoms with Gasteiger partial charge in [-0.15, -0.1) is 0 Å². The van der Waals surface area contributed by atoms with E-state index in [9.17, 15) is 13.2 Å². The molecule has 4 rings (SSSR count). The molecule has 0 radical (unpaired) electrons. The van der Waals surface area contributed by atoms with E-state index in [2.05, 4.69) is 19.9 Å². The van der Waals surface area contributed by atoms with Crippen molar-refractivity contribution in [3.63, 3.8) is 0 Å². The quantitative estimate of drug-likeness (QED) is 0.698. The van der Waals surface area contributed by atoms with Gasteiger partial charge in [-0.25, -0.2) is 18.4 Å². The Morgan fingerprint density at radius 3 is 2.82 bits per heavy atom. The molecular weight excluding hydrogens is 378 g/mol. The zero-order valence-electron chi connectivity index (χ0n) is 16.1. The fourth-order valence-corrected chi connectivity index (χ4v) is 5.83. The van der Waals surface area contributed by atoms with Crippen LogP contribution < -0.4 is 10.5 Å². The highest BCUT2D eigenvalue weighted by molar-refractivity contribution is 7.91. The van der Waals surface area contributed by atoms with E-state index < -0.39 is 9.84 Å². The number of H-pyrrole nitrogens is 1. The lowest BCUT2D eigenvalue weighted by Crippen LogP contribution is -2.45. The van der Waals surface area contributed by atoms with Crippen molar-refractivity contribution in [2.24, 2.45) is 13.0 Å². The third-order valence-electron chi connectivity index (χ3n) is 5.60. The van der Waals surface area contributed by atoms with Crippen molar-refractivity contribution in [3.8, 4) is 0 Å². The number of aromatic nitrogens is 4. The summed E-state index contributed by atoms with van der Waals surface area (Å²) in [6, 6.07) is 3.57. The fraction of sp³-hybridized carbons (Fsp3) is 0.421. The first-order chi connectivity index (χ1) is 13.3. The van der Waals surface area contributed by atoms with E-state index >= 15 is 0 Å². The van der Waals surface area contributed by atoms with Crippen molar-refractivity contribution in [2.75, 3.05) is 17.7 Å². The van der Waals surface area contributed by atoms with Gasteiger partial charge in [-0.1, -0.05) is 0 Å². The average Bonchev–Trinajstić information content (AvgIpc) is 3.09. The summed E-state index contributed by atoms with van der Waals surface area (Å²) in [6.07, 6.45) is 6.38. The second-order valence-corrected chi connectivity index (χ2v) is 9.59. The highest BCUT2D eigenvalue weighted by atomic mass is 32.2. The standard InChI is InChI=1S/C19H23N5O3S/c1-12-6-17(25)23(2)9-16(12)28(26,27)10-13-7-14(8-13)24(3)19-15-4-5-20-18(15)21-11-22-19/h4-6,9,11,13-14H,7-8,10H2,1-3H3,(H,20,21,22)/t13-,14+. The average molecular weight is 401 g/mol. The molecule has 3 aromatic heterocycles. The summed E-state index contributed by atoms with van der Waals surface area (Å²) in [4.78, 5) is 25.7. The molecule has 28 heavy (non-hydrogen) atoms. The van der Waals surface area contributed by atoms with Crippen LogP contribution in [0.25, 0.3) is 11.0 Å². The lowest BCUT2D eigenvalue weighted by molar-refractivity contribution is 0.282. The number of nitrogens with zero attached hydrogens (tertiary/aromatic N) is 4. The first-order valence-corrected chi connectivity index (χ1v) is 10.8. The van der Waals surface area contributed by atoms with Crippen molar-refractivity contribution >= 4 is 26.7 Å². The van der Waals surface area contributed by atoms with Crippen molar-refractivity contribution in [1.82, 2.24) is 19.5 Å². The highest BCUT2D eigenvalue weighted by Gasteiger charge is 2.37. The first-order valence-electron chi connectivity index (χ1n) is 9.17. The van der Waals surface area contributed by atoms with Gasteiger partial charge in [0.15, 0.2) is 9.84 Å². The molecule has 0 aliphatic heterocycles. The molecule has 0 aromatic carbocycles. The van der Waals surface area contributed by atoms with E-state index in [4.69, 9.17) is 0 Å². The number of aryl methyl sites for hydroxylation is 2. The molecular formula is C19H23N5O3S. The summed E-state index contributed by atoms with van der Waals surface area (Å²) in [7, 11) is 0.117. The van der Waals surface area contributed by atoms with Crippen LogP contribution in [0.4, 0.5) is 5.82 Å². The van der Waals surface area contributed by atoms with Gasteiger partial charge < -0.3 is 14.5 Å². The SMILES string of the molecule is Cc1cc(=O)n(C)cc1S(=O)(=O)C[C@H]1C[C@@H](N(C)c2ncnc3[nH]ccc23)C1. The molecule has 9 heteroatoms. The predicted octanol–water partition coefficient (Wildman–Crippen LogP) is 1.65. The molecule has 1 aliphatic carbocycles. The van der Waals surface area contributed by atoms with Gasteiger partial charge in [-0.3, -0.25) is 4.79 Å². The number of anilines is 1. The van der Waals surface area contributed by atoms with Gasteiger partial charge in [-0.05, 0) is 37.3 Å². The number of rotatable bonds is 5. The van der Waals surface area contributed by atoms with E-state index in [1.165, 1.54) is 23.2 Å². The van der Waals surface area contributed by atoms with Crippen LogP contribution in [0.15, 0.2) is 40.5 Å². The zero-order valence-corrected chi connectivity index (χ0v) is 16.9. The van der Waals surface area contributed by atoms with Crippen molar-refractivity contribution < 1.29 is 8.42 Å². The summed E-state index contributed by atoms with van der Waals surface area (Å²) < 4.78 is 27.0. The lowest BCUT2D eigenvalue weighted by atomic mass is 9.81. The monoisotopic (exact) mass is 401 g/mol. The smallest absolute Gasteiger partial charge is 0.250 e. The second kappa shape index (κ2) is 6.73. The van der Waals surface area contributed by atoms with Crippen molar-refractivity contribution in [1.29, 1.82) is 0 Å². The maximum atomic E-state index is 12.9. The van der Waals surface area contributed by atoms with Gasteiger partial charge in [0, 0.05) is 38.6 Å². The van der Waals surface area contributed by atoms with Crippen LogP contribution >= 0.6 is 0 Å². The summed E-state index contributed by atoms with van der Waals surface area (Å²) in [5, 5.41) is 0.960. The minimum absolute atomic E-state index is 0.0950. The van der Waals surface area contributed by atoms with Gasteiger partial charge in [0.05, 0.1) is 16.0 Å². The third kappa shape index (κ3) is 3.19. The molecule has 1 fully saturated rings. The largest absolute Gasteiger partial charge is 0.356 e. The van der Waals surface area contributed by atoms with E-state index in [0.29, 0.717) is 5.56 Å². The maximum absolute atomic E-state index is 12.9. The number of aromatic amines is 1. The minimum Gasteiger partial charge on any atom is -0.356 e. The Kier molecular flexibility index (Phi) is 4.49. The van der Waals surface area contributed by atoms with Gasteiger partial charge in [0.25, 0.3) is 5.56 Å². The van der Waals surface area contributed by atoms with Gasteiger partial charge in [0.1, 0.15) is 17.8 Å². The van der Waals surface area contributed by atoms with Crippen LogP contribution in [-0.2, 0) is 16.9 Å². The number of nitrogens with one attached hydrogen (secondary N) is 1. The van der Waals surface area contributed by atoms with E-state index in [1.807, 2.05) is 19.3 Å². The fourth-order valence-electron chi connectivity index (χ4n) is 3.89. The third-order valence-corrected chi connectivity index (χ3v) is 7.61. The number of sulfone groups is 1. The maximum Gasteiger partial charge on any atom is 0.250 e. The van der Waals surface area contributed by atoms with Crippen molar-refractivity contribution in [3.05, 3.63) is 46.8 Å². The normalized spacial score (nSPS) is 19.5. The van der Waals surface area contributed by atoms with E-state index in [1.54, 1.807) is 14.0 Å². The Balaban J connectivity index is 1.46. The highest BCUT2D eigenvalue weighted by Crippen LogP contribution is 2.36. The number of pyridine rings is 1. The Morgan fingerprint density at radius 2 is 2.07 bits per heavy atom. The Bertz CT molecular complexity index is 1190. The van der Waals surface area contributed by atoms with Gasteiger partial charge >= 0.3 is 0 Å². The number of fused-ring (bicyclic) bond motifs is 1. The molecule has 0 spiro atoms. The van der Waals surface area contributed by atoms with Crippen molar-refractivity contribution in [2.45, 2.75) is 30.7 Å². The molecule has 1 N–H and O–H groups in total. The van der Waals surface area contributed by atoms with Gasteiger partial charge in [-0.2, -0.15) is 0 Å². The zero-order chi connectivity index (χ0) is 20.1. The summed E-state index contributed by atoms with van der Waals surface area (Å²) in [5.41, 5.74) is 1.09. The van der Waals surface area contributed by atoms with E-state index in [-0.39, 0.29) is 28.2 Å². The Labute approximate surface area is 163 Å². The predicted molar refractivity (Wildman–Crippen MR) is 107 cm³/mol. The molecule has 1 aliphatic rings. The van der Waals surface area contributed by atoms with E-state index in [0.717, 1.165) is 29.7 Å².